The van der Waals surface area contributed by atoms with E-state index in [0.29, 0.717) is 6.42 Å². The van der Waals surface area contributed by atoms with Crippen LogP contribution in [0, 0.1) is 35.5 Å². The van der Waals surface area contributed by atoms with E-state index < -0.39 is 12.1 Å². The number of carbonyl (C=O) groups is 2. The third-order valence-corrected chi connectivity index (χ3v) is 2.03. The minimum absolute atomic E-state index is 0.190. The fourth-order valence-electron chi connectivity index (χ4n) is 1.22. The average Bonchev–Trinajstić information content (AvgIpc) is 2.44. The summed E-state index contributed by atoms with van der Waals surface area (Å²) in [5.74, 6) is 14.9. The van der Waals surface area contributed by atoms with Crippen molar-refractivity contribution in [3.05, 3.63) is 24.3 Å². The molecular formula is C18H18O4. The van der Waals surface area contributed by atoms with Gasteiger partial charge in [-0.05, 0) is 42.8 Å². The molecule has 114 valence electrons. The van der Waals surface area contributed by atoms with Gasteiger partial charge in [0, 0.05) is 20.3 Å². The van der Waals surface area contributed by atoms with Crippen LogP contribution >= 0.6 is 0 Å². The van der Waals surface area contributed by atoms with Gasteiger partial charge in [0.1, 0.15) is 6.10 Å². The molecule has 4 heteroatoms. The first-order valence-electron chi connectivity index (χ1n) is 6.62. The first-order valence-corrected chi connectivity index (χ1v) is 6.62. The zero-order chi connectivity index (χ0) is 16.6. The van der Waals surface area contributed by atoms with Crippen LogP contribution in [0.5, 0.6) is 0 Å². The second kappa shape index (κ2) is 13.1. The molecule has 0 heterocycles. The van der Waals surface area contributed by atoms with Crippen LogP contribution in [-0.2, 0) is 19.1 Å². The number of ether oxygens (including phenoxy) is 2. The second-order valence-corrected chi connectivity index (χ2v) is 3.91. The van der Waals surface area contributed by atoms with Gasteiger partial charge in [-0.1, -0.05) is 24.0 Å². The molecule has 0 aromatic carbocycles. The zero-order valence-corrected chi connectivity index (χ0v) is 12.9. The fraction of sp³-hybridized carbons (Fsp3) is 0.333. The number of rotatable bonds is 6. The van der Waals surface area contributed by atoms with Gasteiger partial charge >= 0.3 is 11.9 Å². The Hall–Kier alpha value is -2.90. The standard InChI is InChI=1S/C18H18O4/c1-4-5-6-7-8-9-10-11-12-13-18(22-17(3)20)14-15-21-16(2)19/h10-13,18H,14-15H2,1-3H3/b11-10-,13-12-/t18-/m1/s1. The van der Waals surface area contributed by atoms with E-state index in [1.807, 2.05) is 0 Å². The van der Waals surface area contributed by atoms with Gasteiger partial charge in [-0.15, -0.1) is 0 Å². The molecule has 0 bridgehead atoms. The van der Waals surface area contributed by atoms with E-state index in [2.05, 4.69) is 35.5 Å². The predicted molar refractivity (Wildman–Crippen MR) is 84.1 cm³/mol. The van der Waals surface area contributed by atoms with E-state index in [4.69, 9.17) is 9.47 Å². The third-order valence-electron chi connectivity index (χ3n) is 2.03. The minimum Gasteiger partial charge on any atom is -0.466 e. The molecule has 0 saturated carbocycles. The second-order valence-electron chi connectivity index (χ2n) is 3.91. The topological polar surface area (TPSA) is 52.6 Å². The van der Waals surface area contributed by atoms with Crippen molar-refractivity contribution in [2.45, 2.75) is 33.3 Å². The normalized spacial score (nSPS) is 10.5. The Bertz CT molecular complexity index is 607. The Balaban J connectivity index is 4.38. The summed E-state index contributed by atoms with van der Waals surface area (Å²) in [6, 6.07) is 0. The molecule has 0 rings (SSSR count). The molecular weight excluding hydrogens is 280 g/mol. The quantitative estimate of drug-likeness (QED) is 0.428. The van der Waals surface area contributed by atoms with Crippen molar-refractivity contribution in [2.24, 2.45) is 0 Å². The first-order chi connectivity index (χ1) is 10.6. The number of esters is 2. The summed E-state index contributed by atoms with van der Waals surface area (Å²) in [5, 5.41) is 0. The van der Waals surface area contributed by atoms with E-state index >= 15 is 0 Å². The van der Waals surface area contributed by atoms with E-state index in [9.17, 15) is 9.59 Å². The fourth-order valence-corrected chi connectivity index (χ4v) is 1.22. The monoisotopic (exact) mass is 298 g/mol. The molecule has 4 nitrogen and oxygen atoms in total. The molecule has 0 saturated heterocycles. The zero-order valence-electron chi connectivity index (χ0n) is 12.9. The van der Waals surface area contributed by atoms with Crippen molar-refractivity contribution in [2.75, 3.05) is 6.61 Å². The molecule has 0 spiro atoms. The highest BCUT2D eigenvalue weighted by atomic mass is 16.6. The van der Waals surface area contributed by atoms with Crippen LogP contribution in [0.1, 0.15) is 27.2 Å². The molecule has 22 heavy (non-hydrogen) atoms. The summed E-state index contributed by atoms with van der Waals surface area (Å²) < 4.78 is 9.89. The van der Waals surface area contributed by atoms with Crippen LogP contribution in [-0.4, -0.2) is 24.6 Å². The lowest BCUT2D eigenvalue weighted by molar-refractivity contribution is -0.146. The van der Waals surface area contributed by atoms with Gasteiger partial charge < -0.3 is 9.47 Å². The largest absolute Gasteiger partial charge is 0.466 e. The molecule has 1 atom stereocenters. The van der Waals surface area contributed by atoms with Crippen molar-refractivity contribution >= 4 is 11.9 Å². The van der Waals surface area contributed by atoms with Gasteiger partial charge in [-0.3, -0.25) is 9.59 Å². The van der Waals surface area contributed by atoms with E-state index in [0.717, 1.165) is 0 Å². The average molecular weight is 298 g/mol. The van der Waals surface area contributed by atoms with E-state index in [1.165, 1.54) is 13.8 Å². The third kappa shape index (κ3) is 13.5. The van der Waals surface area contributed by atoms with Gasteiger partial charge in [-0.2, -0.15) is 0 Å². The maximum atomic E-state index is 11.0. The highest BCUT2D eigenvalue weighted by Gasteiger charge is 2.08. The van der Waals surface area contributed by atoms with E-state index in [1.54, 1.807) is 31.2 Å². The molecule has 0 fully saturated rings. The summed E-state index contributed by atoms with van der Waals surface area (Å²) in [5.41, 5.74) is 0. The lowest BCUT2D eigenvalue weighted by atomic mass is 10.2. The predicted octanol–water partition coefficient (Wildman–Crippen LogP) is 2.01. The van der Waals surface area contributed by atoms with Crippen LogP contribution in [0.15, 0.2) is 24.3 Å². The Morgan fingerprint density at radius 2 is 1.77 bits per heavy atom. The summed E-state index contributed by atoms with van der Waals surface area (Å²) in [4.78, 5) is 21.7. The van der Waals surface area contributed by atoms with Crippen LogP contribution in [0.4, 0.5) is 0 Å². The molecule has 0 radical (unpaired) electrons. The van der Waals surface area contributed by atoms with Crippen LogP contribution < -0.4 is 0 Å². The Morgan fingerprint density at radius 3 is 2.41 bits per heavy atom. The van der Waals surface area contributed by atoms with Crippen LogP contribution in [0.25, 0.3) is 0 Å². The molecule has 0 unspecified atom stereocenters. The maximum absolute atomic E-state index is 11.0. The van der Waals surface area contributed by atoms with Crippen molar-refractivity contribution in [3.63, 3.8) is 0 Å². The Labute approximate surface area is 131 Å². The lowest BCUT2D eigenvalue weighted by Gasteiger charge is -2.12. The minimum atomic E-state index is -0.450. The Kier molecular flexibility index (Phi) is 11.4. The summed E-state index contributed by atoms with van der Waals surface area (Å²) >= 11 is 0. The summed E-state index contributed by atoms with van der Waals surface area (Å²) in [6.45, 7) is 4.54. The van der Waals surface area contributed by atoms with Crippen LogP contribution in [0.2, 0.25) is 0 Å². The Morgan fingerprint density at radius 1 is 1.05 bits per heavy atom. The number of hydrogen-bond donors (Lipinski definition) is 0. The van der Waals surface area contributed by atoms with Gasteiger partial charge in [-0.25, -0.2) is 0 Å². The van der Waals surface area contributed by atoms with Gasteiger partial charge in [0.05, 0.1) is 6.61 Å². The van der Waals surface area contributed by atoms with Gasteiger partial charge in [0.15, 0.2) is 0 Å². The van der Waals surface area contributed by atoms with Crippen molar-refractivity contribution in [1.82, 2.24) is 0 Å². The van der Waals surface area contributed by atoms with Gasteiger partial charge in [0.2, 0.25) is 0 Å². The summed E-state index contributed by atoms with van der Waals surface area (Å²) in [6.07, 6.45) is 6.65. The lowest BCUT2D eigenvalue weighted by Crippen LogP contribution is -2.17. The molecule has 0 N–H and O–H groups in total. The highest BCUT2D eigenvalue weighted by Crippen LogP contribution is 2.02. The van der Waals surface area contributed by atoms with Crippen molar-refractivity contribution < 1.29 is 19.1 Å². The number of hydrogen-bond acceptors (Lipinski definition) is 4. The molecule has 0 aliphatic rings. The van der Waals surface area contributed by atoms with Crippen molar-refractivity contribution in [3.8, 4) is 35.5 Å². The first kappa shape index (κ1) is 19.1. The number of carbonyl (C=O) groups excluding carboxylic acids is 2. The SMILES string of the molecule is CC#CC#CC#C/C=C\C=C/[C@H](CCOC(C)=O)OC(C)=O. The molecule has 0 aromatic rings. The molecule has 0 aliphatic carbocycles. The molecule has 0 aromatic heterocycles. The number of allylic oxidation sites excluding steroid dienone is 3. The van der Waals surface area contributed by atoms with Crippen LogP contribution in [0.3, 0.4) is 0 Å². The van der Waals surface area contributed by atoms with Gasteiger partial charge in [0.25, 0.3) is 0 Å². The smallest absolute Gasteiger partial charge is 0.303 e. The molecule has 0 amide bonds. The van der Waals surface area contributed by atoms with E-state index in [-0.39, 0.29) is 12.6 Å². The molecule has 0 aliphatic heterocycles. The highest BCUT2D eigenvalue weighted by molar-refractivity contribution is 5.66. The summed E-state index contributed by atoms with van der Waals surface area (Å²) in [7, 11) is 0. The van der Waals surface area contributed by atoms with Crippen molar-refractivity contribution in [1.29, 1.82) is 0 Å². The maximum Gasteiger partial charge on any atom is 0.303 e.